The van der Waals surface area contributed by atoms with Gasteiger partial charge in [-0.05, 0) is 47.5 Å². The van der Waals surface area contributed by atoms with Gasteiger partial charge in [0.2, 0.25) is 0 Å². The highest BCUT2D eigenvalue weighted by Crippen LogP contribution is 2.34. The topological polar surface area (TPSA) is 59.4 Å². The van der Waals surface area contributed by atoms with Crippen LogP contribution in [0.25, 0.3) is 33.3 Å². The summed E-state index contributed by atoms with van der Waals surface area (Å²) >= 11 is 0. The maximum atomic E-state index is 13.0. The van der Waals surface area contributed by atoms with E-state index < -0.39 is 17.7 Å². The summed E-state index contributed by atoms with van der Waals surface area (Å²) < 4.78 is 44.3. The summed E-state index contributed by atoms with van der Waals surface area (Å²) in [5.41, 5.74) is 1.98. The Morgan fingerprint density at radius 1 is 0.871 bits per heavy atom. The Hall–Kier alpha value is -3.87. The molecule has 0 radical (unpaired) electrons. The van der Waals surface area contributed by atoms with Gasteiger partial charge in [0, 0.05) is 10.9 Å². The van der Waals surface area contributed by atoms with Gasteiger partial charge < -0.3 is 9.84 Å². The van der Waals surface area contributed by atoms with Gasteiger partial charge >= 0.3 is 12.1 Å². The molecule has 3 aromatic carbocycles. The second kappa shape index (κ2) is 7.75. The van der Waals surface area contributed by atoms with Crippen molar-refractivity contribution < 1.29 is 27.8 Å². The zero-order valence-electron chi connectivity index (χ0n) is 16.3. The number of halogens is 3. The molecule has 156 valence electrons. The van der Waals surface area contributed by atoms with Crippen molar-refractivity contribution in [3.05, 3.63) is 83.9 Å². The average Bonchev–Trinajstić information content (AvgIpc) is 2.77. The lowest BCUT2D eigenvalue weighted by molar-refractivity contribution is -0.137. The molecule has 0 atom stereocenters. The van der Waals surface area contributed by atoms with Gasteiger partial charge in [0.15, 0.2) is 0 Å². The van der Waals surface area contributed by atoms with Gasteiger partial charge in [-0.25, -0.2) is 9.78 Å². The Morgan fingerprint density at radius 2 is 1.45 bits per heavy atom. The van der Waals surface area contributed by atoms with Crippen LogP contribution in [0.5, 0.6) is 5.75 Å². The molecule has 4 nitrogen and oxygen atoms in total. The number of nitrogens with zero attached hydrogens (tertiary/aromatic N) is 1. The highest BCUT2D eigenvalue weighted by molar-refractivity contribution is 6.04. The molecule has 1 N–H and O–H groups in total. The van der Waals surface area contributed by atoms with Crippen LogP contribution in [0, 0.1) is 0 Å². The zero-order chi connectivity index (χ0) is 22.2. The van der Waals surface area contributed by atoms with Gasteiger partial charge in [0.1, 0.15) is 5.75 Å². The van der Waals surface area contributed by atoms with Crippen molar-refractivity contribution in [3.8, 4) is 28.1 Å². The number of rotatable bonds is 4. The number of alkyl halides is 3. The smallest absolute Gasteiger partial charge is 0.416 e. The number of pyridine rings is 1. The largest absolute Gasteiger partial charge is 0.497 e. The van der Waals surface area contributed by atoms with E-state index in [0.29, 0.717) is 11.3 Å². The number of fused-ring (bicyclic) bond motifs is 1. The first-order valence-corrected chi connectivity index (χ1v) is 9.26. The van der Waals surface area contributed by atoms with Crippen LogP contribution in [0.3, 0.4) is 0 Å². The van der Waals surface area contributed by atoms with Crippen molar-refractivity contribution in [2.24, 2.45) is 0 Å². The molecule has 4 aromatic rings. The number of aromatic nitrogens is 1. The van der Waals surface area contributed by atoms with E-state index in [-0.39, 0.29) is 16.5 Å². The van der Waals surface area contributed by atoms with Crippen molar-refractivity contribution in [1.29, 1.82) is 0 Å². The normalized spacial score (nSPS) is 11.5. The standard InChI is InChI=1S/C24H16F3NO3/c1-31-18-9-6-15(7-10-18)14-2-4-16(5-3-14)22-13-20(23(29)30)19-12-17(24(25,26)27)8-11-21(19)28-22/h2-13H,1H3,(H,29,30). The van der Waals surface area contributed by atoms with E-state index in [1.807, 2.05) is 36.4 Å². The molecule has 7 heteroatoms. The van der Waals surface area contributed by atoms with Crippen LogP contribution >= 0.6 is 0 Å². The molecule has 0 spiro atoms. The summed E-state index contributed by atoms with van der Waals surface area (Å²) in [6.07, 6.45) is -4.57. The van der Waals surface area contributed by atoms with Gasteiger partial charge in [-0.2, -0.15) is 13.2 Å². The molecule has 0 aliphatic carbocycles. The summed E-state index contributed by atoms with van der Waals surface area (Å²) in [6, 6.07) is 19.1. The first-order chi connectivity index (χ1) is 14.8. The monoisotopic (exact) mass is 423 g/mol. The molecule has 0 saturated heterocycles. The fourth-order valence-electron chi connectivity index (χ4n) is 3.34. The zero-order valence-corrected chi connectivity index (χ0v) is 16.3. The number of carboxylic acids is 1. The lowest BCUT2D eigenvalue weighted by atomic mass is 10.00. The predicted octanol–water partition coefficient (Wildman–Crippen LogP) is 6.29. The van der Waals surface area contributed by atoms with Gasteiger partial charge in [-0.3, -0.25) is 0 Å². The maximum Gasteiger partial charge on any atom is 0.416 e. The molecule has 1 heterocycles. The summed E-state index contributed by atoms with van der Waals surface area (Å²) in [5, 5.41) is 9.51. The quantitative estimate of drug-likeness (QED) is 0.419. The Labute approximate surface area is 175 Å². The van der Waals surface area contributed by atoms with Crippen LogP contribution in [0.2, 0.25) is 0 Å². The Bertz CT molecular complexity index is 1260. The number of carboxylic acid groups (broad SMARTS) is 1. The van der Waals surface area contributed by atoms with Gasteiger partial charge in [0.05, 0.1) is 29.4 Å². The average molecular weight is 423 g/mol. The third-order valence-corrected chi connectivity index (χ3v) is 4.97. The molecule has 0 aliphatic rings. The SMILES string of the molecule is COc1ccc(-c2ccc(-c3cc(C(=O)O)c4cc(C(F)(F)F)ccc4n3)cc2)cc1. The lowest BCUT2D eigenvalue weighted by Crippen LogP contribution is -2.06. The molecule has 0 amide bonds. The first kappa shape index (κ1) is 20.4. The number of hydrogen-bond donors (Lipinski definition) is 1. The molecule has 0 bridgehead atoms. The van der Waals surface area contributed by atoms with Crippen LogP contribution < -0.4 is 4.74 Å². The third-order valence-electron chi connectivity index (χ3n) is 4.97. The van der Waals surface area contributed by atoms with Crippen molar-refractivity contribution in [1.82, 2.24) is 4.98 Å². The molecule has 0 aliphatic heterocycles. The minimum absolute atomic E-state index is 0.0547. The number of ether oxygens (including phenoxy) is 1. The Balaban J connectivity index is 1.76. The van der Waals surface area contributed by atoms with E-state index in [2.05, 4.69) is 4.98 Å². The van der Waals surface area contributed by atoms with E-state index in [0.717, 1.165) is 29.0 Å². The second-order valence-electron chi connectivity index (χ2n) is 6.90. The third kappa shape index (κ3) is 4.07. The van der Waals surface area contributed by atoms with Crippen LogP contribution in [-0.4, -0.2) is 23.2 Å². The highest BCUT2D eigenvalue weighted by Gasteiger charge is 2.31. The van der Waals surface area contributed by atoms with Gasteiger partial charge in [-0.1, -0.05) is 36.4 Å². The molecule has 31 heavy (non-hydrogen) atoms. The van der Waals surface area contributed by atoms with E-state index in [4.69, 9.17) is 4.74 Å². The van der Waals surface area contributed by atoms with E-state index >= 15 is 0 Å². The van der Waals surface area contributed by atoms with Crippen LogP contribution in [0.15, 0.2) is 72.8 Å². The van der Waals surface area contributed by atoms with Gasteiger partial charge in [0.25, 0.3) is 0 Å². The second-order valence-corrected chi connectivity index (χ2v) is 6.90. The van der Waals surface area contributed by atoms with Crippen molar-refractivity contribution >= 4 is 16.9 Å². The fourth-order valence-corrected chi connectivity index (χ4v) is 3.34. The van der Waals surface area contributed by atoms with E-state index in [1.165, 1.54) is 12.1 Å². The molecular weight excluding hydrogens is 407 g/mol. The lowest BCUT2D eigenvalue weighted by Gasteiger charge is -2.11. The van der Waals surface area contributed by atoms with Crippen LogP contribution in [-0.2, 0) is 6.18 Å². The molecule has 4 rings (SSSR count). The molecule has 0 fully saturated rings. The number of hydrogen-bond acceptors (Lipinski definition) is 3. The van der Waals surface area contributed by atoms with E-state index in [9.17, 15) is 23.1 Å². The van der Waals surface area contributed by atoms with Crippen molar-refractivity contribution in [2.75, 3.05) is 7.11 Å². The minimum Gasteiger partial charge on any atom is -0.497 e. The number of carbonyl (C=O) groups is 1. The molecule has 0 saturated carbocycles. The minimum atomic E-state index is -4.57. The van der Waals surface area contributed by atoms with Crippen molar-refractivity contribution in [3.63, 3.8) is 0 Å². The van der Waals surface area contributed by atoms with Crippen molar-refractivity contribution in [2.45, 2.75) is 6.18 Å². The predicted molar refractivity (Wildman–Crippen MR) is 111 cm³/mol. The van der Waals surface area contributed by atoms with Gasteiger partial charge in [-0.15, -0.1) is 0 Å². The summed E-state index contributed by atoms with van der Waals surface area (Å²) in [6.45, 7) is 0. The van der Waals surface area contributed by atoms with Crippen LogP contribution in [0.4, 0.5) is 13.2 Å². The fraction of sp³-hybridized carbons (Fsp3) is 0.0833. The first-order valence-electron chi connectivity index (χ1n) is 9.26. The van der Waals surface area contributed by atoms with E-state index in [1.54, 1.807) is 19.2 Å². The summed E-state index contributed by atoms with van der Waals surface area (Å²) in [7, 11) is 1.59. The molecule has 1 aromatic heterocycles. The summed E-state index contributed by atoms with van der Waals surface area (Å²) in [5.74, 6) is -0.571. The maximum absolute atomic E-state index is 13.0. The summed E-state index contributed by atoms with van der Waals surface area (Å²) in [4.78, 5) is 16.1. The molecular formula is C24H16F3NO3. The number of aromatic carboxylic acids is 1. The molecule has 0 unspecified atom stereocenters. The number of benzene rings is 3. The Morgan fingerprint density at radius 3 is 2.00 bits per heavy atom. The van der Waals surface area contributed by atoms with Crippen LogP contribution in [0.1, 0.15) is 15.9 Å². The number of methoxy groups -OCH3 is 1. The highest BCUT2D eigenvalue weighted by atomic mass is 19.4. The Kier molecular flexibility index (Phi) is 5.10.